The molecule has 1 heterocycles. The number of carbonyl (C=O) groups is 1. The highest BCUT2D eigenvalue weighted by atomic mass is 35.5. The van der Waals surface area contributed by atoms with Crippen molar-refractivity contribution in [1.82, 2.24) is 0 Å². The van der Waals surface area contributed by atoms with E-state index in [1.165, 1.54) is 0 Å². The van der Waals surface area contributed by atoms with E-state index in [9.17, 15) is 4.79 Å². The Hall–Kier alpha value is -1.10. The van der Waals surface area contributed by atoms with E-state index >= 15 is 0 Å². The SMILES string of the molecule is CCc1cccc(CC)c1N(C(=O)CCl)C(C)C1COCO1. The van der Waals surface area contributed by atoms with E-state index in [4.69, 9.17) is 21.1 Å². The molecule has 1 fully saturated rings. The molecule has 1 aromatic rings. The fourth-order valence-electron chi connectivity index (χ4n) is 2.94. The Morgan fingerprint density at radius 1 is 1.36 bits per heavy atom. The van der Waals surface area contributed by atoms with Crippen molar-refractivity contribution in [3.8, 4) is 0 Å². The van der Waals surface area contributed by atoms with Crippen LogP contribution in [0.4, 0.5) is 5.69 Å². The number of nitrogens with zero attached hydrogens (tertiary/aromatic N) is 1. The van der Waals surface area contributed by atoms with Gasteiger partial charge < -0.3 is 14.4 Å². The van der Waals surface area contributed by atoms with E-state index in [0.29, 0.717) is 6.61 Å². The summed E-state index contributed by atoms with van der Waals surface area (Å²) < 4.78 is 10.9. The van der Waals surface area contributed by atoms with Crippen molar-refractivity contribution in [1.29, 1.82) is 0 Å². The van der Waals surface area contributed by atoms with E-state index in [2.05, 4.69) is 26.0 Å². The maximum atomic E-state index is 12.5. The number of rotatable bonds is 6. The van der Waals surface area contributed by atoms with Crippen molar-refractivity contribution in [3.63, 3.8) is 0 Å². The quantitative estimate of drug-likeness (QED) is 0.754. The second kappa shape index (κ2) is 7.95. The minimum Gasteiger partial charge on any atom is -0.353 e. The second-order valence-corrected chi connectivity index (χ2v) is 5.73. The minimum absolute atomic E-state index is 0.0425. The molecule has 122 valence electrons. The molecule has 2 atom stereocenters. The summed E-state index contributed by atoms with van der Waals surface area (Å²) in [5.74, 6) is -0.140. The molecule has 0 spiro atoms. The third-order valence-electron chi connectivity index (χ3n) is 4.18. The van der Waals surface area contributed by atoms with Gasteiger partial charge in [0.15, 0.2) is 0 Å². The first-order valence-electron chi connectivity index (χ1n) is 7.82. The summed E-state index contributed by atoms with van der Waals surface area (Å²) in [6.45, 7) is 6.98. The number of hydrogen-bond acceptors (Lipinski definition) is 3. The van der Waals surface area contributed by atoms with Crippen LogP contribution in [0.5, 0.6) is 0 Å². The molecule has 1 amide bonds. The maximum absolute atomic E-state index is 12.5. The lowest BCUT2D eigenvalue weighted by Gasteiger charge is -2.34. The molecular formula is C17H24ClNO3. The van der Waals surface area contributed by atoms with E-state index in [1.807, 2.05) is 17.9 Å². The fourth-order valence-corrected chi connectivity index (χ4v) is 3.07. The first-order valence-corrected chi connectivity index (χ1v) is 8.35. The molecule has 1 aromatic carbocycles. The van der Waals surface area contributed by atoms with Crippen LogP contribution in [-0.2, 0) is 27.1 Å². The molecule has 0 bridgehead atoms. The normalized spacial score (nSPS) is 19.2. The number of anilines is 1. The third-order valence-corrected chi connectivity index (χ3v) is 4.41. The van der Waals surface area contributed by atoms with Gasteiger partial charge in [-0.2, -0.15) is 0 Å². The molecule has 2 unspecified atom stereocenters. The molecule has 0 saturated carbocycles. The van der Waals surface area contributed by atoms with Gasteiger partial charge in [-0.05, 0) is 30.9 Å². The molecule has 0 N–H and O–H groups in total. The highest BCUT2D eigenvalue weighted by Gasteiger charge is 2.33. The van der Waals surface area contributed by atoms with Crippen molar-refractivity contribution in [2.24, 2.45) is 0 Å². The van der Waals surface area contributed by atoms with Gasteiger partial charge >= 0.3 is 0 Å². The molecule has 0 aliphatic carbocycles. The van der Waals surface area contributed by atoms with Gasteiger partial charge in [-0.1, -0.05) is 32.0 Å². The number of ether oxygens (including phenoxy) is 2. The lowest BCUT2D eigenvalue weighted by molar-refractivity contribution is -0.117. The largest absolute Gasteiger partial charge is 0.353 e. The standard InChI is InChI=1S/C17H24ClNO3/c1-4-13-7-6-8-14(5-2)17(13)19(16(20)9-18)12(3)15-10-21-11-22-15/h6-8,12,15H,4-5,9-11H2,1-3H3. The van der Waals surface area contributed by atoms with Crippen molar-refractivity contribution in [2.45, 2.75) is 45.8 Å². The topological polar surface area (TPSA) is 38.8 Å². The summed E-state index contributed by atoms with van der Waals surface area (Å²) in [7, 11) is 0. The van der Waals surface area contributed by atoms with Crippen LogP contribution in [0.1, 0.15) is 31.9 Å². The van der Waals surface area contributed by atoms with Gasteiger partial charge in [-0.15, -0.1) is 11.6 Å². The number of amides is 1. The third kappa shape index (κ3) is 3.45. The lowest BCUT2D eigenvalue weighted by atomic mass is 9.99. The monoisotopic (exact) mass is 325 g/mol. The number of halogens is 1. The Labute approximate surface area is 137 Å². The van der Waals surface area contributed by atoms with E-state index in [1.54, 1.807) is 0 Å². The Morgan fingerprint density at radius 3 is 2.45 bits per heavy atom. The van der Waals surface area contributed by atoms with Gasteiger partial charge in [-0.25, -0.2) is 0 Å². The molecule has 1 aliphatic heterocycles. The Balaban J connectivity index is 2.47. The van der Waals surface area contributed by atoms with Crippen molar-refractivity contribution < 1.29 is 14.3 Å². The first kappa shape index (κ1) is 17.3. The lowest BCUT2D eigenvalue weighted by Crippen LogP contribution is -2.48. The predicted molar refractivity (Wildman–Crippen MR) is 88.6 cm³/mol. The Morgan fingerprint density at radius 2 is 2.00 bits per heavy atom. The highest BCUT2D eigenvalue weighted by Crippen LogP contribution is 2.31. The van der Waals surface area contributed by atoms with Gasteiger partial charge in [-0.3, -0.25) is 4.79 Å². The summed E-state index contributed by atoms with van der Waals surface area (Å²) in [5.41, 5.74) is 3.30. The Bertz CT molecular complexity index is 492. The molecule has 22 heavy (non-hydrogen) atoms. The van der Waals surface area contributed by atoms with Crippen LogP contribution in [0.2, 0.25) is 0 Å². The molecule has 2 rings (SSSR count). The van der Waals surface area contributed by atoms with Crippen molar-refractivity contribution in [3.05, 3.63) is 29.3 Å². The van der Waals surface area contributed by atoms with Crippen LogP contribution in [0.15, 0.2) is 18.2 Å². The van der Waals surface area contributed by atoms with Crippen LogP contribution < -0.4 is 4.90 Å². The van der Waals surface area contributed by atoms with Gasteiger partial charge in [0.05, 0.1) is 18.3 Å². The zero-order valence-electron chi connectivity index (χ0n) is 13.5. The van der Waals surface area contributed by atoms with Gasteiger partial charge in [0.1, 0.15) is 18.8 Å². The van der Waals surface area contributed by atoms with Gasteiger partial charge in [0, 0.05) is 0 Å². The van der Waals surface area contributed by atoms with Crippen molar-refractivity contribution >= 4 is 23.2 Å². The average molecular weight is 326 g/mol. The van der Waals surface area contributed by atoms with E-state index in [0.717, 1.165) is 29.7 Å². The van der Waals surface area contributed by atoms with Crippen LogP contribution in [0.25, 0.3) is 0 Å². The van der Waals surface area contributed by atoms with Crippen molar-refractivity contribution in [2.75, 3.05) is 24.2 Å². The Kier molecular flexibility index (Phi) is 6.24. The summed E-state index contributed by atoms with van der Waals surface area (Å²) in [5, 5.41) is 0. The zero-order valence-corrected chi connectivity index (χ0v) is 14.2. The van der Waals surface area contributed by atoms with Gasteiger partial charge in [0.2, 0.25) is 5.91 Å². The summed E-state index contributed by atoms with van der Waals surface area (Å²) >= 11 is 5.88. The average Bonchev–Trinajstić information content (AvgIpc) is 3.09. The van der Waals surface area contributed by atoms with Crippen LogP contribution in [0.3, 0.4) is 0 Å². The number of aryl methyl sites for hydroxylation is 2. The zero-order chi connectivity index (χ0) is 16.1. The first-order chi connectivity index (χ1) is 10.6. The molecule has 5 heteroatoms. The second-order valence-electron chi connectivity index (χ2n) is 5.46. The summed E-state index contributed by atoms with van der Waals surface area (Å²) in [4.78, 5) is 14.4. The number of carbonyl (C=O) groups excluding carboxylic acids is 1. The molecule has 1 saturated heterocycles. The number of para-hydroxylation sites is 1. The smallest absolute Gasteiger partial charge is 0.242 e. The van der Waals surface area contributed by atoms with E-state index in [-0.39, 0.29) is 30.7 Å². The molecular weight excluding hydrogens is 302 g/mol. The van der Waals surface area contributed by atoms with Gasteiger partial charge in [0.25, 0.3) is 0 Å². The summed E-state index contributed by atoms with van der Waals surface area (Å²) in [6.07, 6.45) is 1.61. The fraction of sp³-hybridized carbons (Fsp3) is 0.588. The number of alkyl halides is 1. The number of benzene rings is 1. The highest BCUT2D eigenvalue weighted by molar-refractivity contribution is 6.29. The van der Waals surface area contributed by atoms with Crippen LogP contribution in [0, 0.1) is 0 Å². The minimum atomic E-state index is -0.123. The number of hydrogen-bond donors (Lipinski definition) is 0. The summed E-state index contributed by atoms with van der Waals surface area (Å²) in [6, 6.07) is 6.07. The molecule has 4 nitrogen and oxygen atoms in total. The van der Waals surface area contributed by atoms with Crippen LogP contribution >= 0.6 is 11.6 Å². The van der Waals surface area contributed by atoms with E-state index < -0.39 is 0 Å². The molecule has 1 aliphatic rings. The molecule has 0 radical (unpaired) electrons. The predicted octanol–water partition coefficient (Wildman–Crippen LogP) is 3.14. The van der Waals surface area contributed by atoms with Crippen LogP contribution in [-0.4, -0.2) is 37.3 Å². The maximum Gasteiger partial charge on any atom is 0.242 e. The molecule has 0 aromatic heterocycles.